The number of amides is 1. The normalized spacial score (nSPS) is 20.6. The van der Waals surface area contributed by atoms with Crippen LogP contribution in [-0.2, 0) is 14.3 Å². The Hall–Kier alpha value is -2.04. The van der Waals surface area contributed by atoms with Crippen molar-refractivity contribution in [1.82, 2.24) is 8.75 Å². The average Bonchev–Trinajstić information content (AvgIpc) is 3.20. The number of quaternary nitrogens is 1. The number of carbonyl (C=O) groups excluding carboxylic acids is 2. The van der Waals surface area contributed by atoms with Gasteiger partial charge in [-0.15, -0.1) is 4.37 Å². The van der Waals surface area contributed by atoms with E-state index in [0.29, 0.717) is 23.5 Å². The molecule has 9 nitrogen and oxygen atoms in total. The quantitative estimate of drug-likeness (QED) is 0.265. The lowest BCUT2D eigenvalue weighted by Gasteiger charge is -2.41. The molecular weight excluding hydrogens is 418 g/mol. The van der Waals surface area contributed by atoms with Gasteiger partial charge in [0.25, 0.3) is 5.88 Å². The van der Waals surface area contributed by atoms with E-state index in [4.69, 9.17) is 20.9 Å². The molecule has 10 heteroatoms. The van der Waals surface area contributed by atoms with E-state index in [1.165, 1.54) is 12.8 Å². The van der Waals surface area contributed by atoms with Crippen molar-refractivity contribution in [2.45, 2.75) is 71.1 Å². The van der Waals surface area contributed by atoms with Gasteiger partial charge >= 0.3 is 5.97 Å². The largest absolute Gasteiger partial charge is 0.475 e. The smallest absolute Gasteiger partial charge is 0.327 e. The summed E-state index contributed by atoms with van der Waals surface area (Å²) in [7, 11) is 2.05. The molecule has 4 N–H and O–H groups in total. The summed E-state index contributed by atoms with van der Waals surface area (Å²) in [6.07, 6.45) is 7.36. The molecule has 31 heavy (non-hydrogen) atoms. The molecule has 0 saturated carbocycles. The fraction of sp³-hybridized carbons (Fsp3) is 0.714. The Bertz CT molecular complexity index is 769. The van der Waals surface area contributed by atoms with Crippen molar-refractivity contribution in [3.05, 3.63) is 11.8 Å². The van der Waals surface area contributed by atoms with Gasteiger partial charge in [0.2, 0.25) is 12.1 Å². The molecule has 1 aromatic rings. The predicted molar refractivity (Wildman–Crippen MR) is 120 cm³/mol. The second-order valence-electron chi connectivity index (χ2n) is 8.35. The van der Waals surface area contributed by atoms with Crippen LogP contribution in [0.5, 0.6) is 5.88 Å². The zero-order valence-electron chi connectivity index (χ0n) is 18.8. The van der Waals surface area contributed by atoms with E-state index < -0.39 is 24.1 Å². The van der Waals surface area contributed by atoms with Crippen molar-refractivity contribution in [2.75, 3.05) is 26.7 Å². The molecular formula is C21H36N5O4S+. The van der Waals surface area contributed by atoms with Crippen molar-refractivity contribution >= 4 is 29.2 Å². The molecule has 2 rings (SSSR count). The summed E-state index contributed by atoms with van der Waals surface area (Å²) < 4.78 is 20.8. The second kappa shape index (κ2) is 12.1. The topological polar surface area (TPSA) is 130 Å². The molecule has 1 amide bonds. The maximum atomic E-state index is 12.3. The van der Waals surface area contributed by atoms with Gasteiger partial charge in [-0.3, -0.25) is 14.1 Å². The van der Waals surface area contributed by atoms with E-state index >= 15 is 0 Å². The van der Waals surface area contributed by atoms with E-state index in [0.717, 1.165) is 48.8 Å². The van der Waals surface area contributed by atoms with E-state index in [-0.39, 0.29) is 12.8 Å². The highest BCUT2D eigenvalue weighted by atomic mass is 32.1. The fourth-order valence-corrected chi connectivity index (χ4v) is 4.05. The van der Waals surface area contributed by atoms with Crippen LogP contribution in [0.1, 0.15) is 64.5 Å². The Morgan fingerprint density at radius 2 is 2.06 bits per heavy atom. The number of esters is 1. The highest BCUT2D eigenvalue weighted by Gasteiger charge is 2.37. The molecule has 0 aliphatic carbocycles. The minimum absolute atomic E-state index is 0.0572. The van der Waals surface area contributed by atoms with E-state index in [2.05, 4.69) is 21.7 Å². The third-order valence-electron chi connectivity index (χ3n) is 5.73. The van der Waals surface area contributed by atoms with Gasteiger partial charge in [-0.2, -0.15) is 4.37 Å². The zero-order valence-corrected chi connectivity index (χ0v) is 19.7. The van der Waals surface area contributed by atoms with Crippen LogP contribution >= 0.6 is 11.7 Å². The third-order valence-corrected chi connectivity index (χ3v) is 6.24. The molecule has 1 aliphatic heterocycles. The molecule has 174 valence electrons. The lowest BCUT2D eigenvalue weighted by atomic mass is 10.0. The van der Waals surface area contributed by atoms with Crippen molar-refractivity contribution in [1.29, 1.82) is 0 Å². The van der Waals surface area contributed by atoms with Crippen molar-refractivity contribution in [2.24, 2.45) is 11.5 Å². The maximum absolute atomic E-state index is 12.3. The molecule has 0 saturated heterocycles. The fourth-order valence-electron chi connectivity index (χ4n) is 3.52. The monoisotopic (exact) mass is 454 g/mol. The number of nitrogens with two attached hydrogens (primary N) is 2. The van der Waals surface area contributed by atoms with Crippen LogP contribution in [0.3, 0.4) is 0 Å². The number of aromatic nitrogens is 2. The van der Waals surface area contributed by atoms with Gasteiger partial charge < -0.3 is 20.9 Å². The number of hydrogen-bond donors (Lipinski definition) is 2. The number of ether oxygens (including phenoxy) is 2. The van der Waals surface area contributed by atoms with E-state index in [1.807, 2.05) is 14.0 Å². The maximum Gasteiger partial charge on any atom is 0.327 e. The van der Waals surface area contributed by atoms with Crippen LogP contribution in [0.4, 0.5) is 0 Å². The summed E-state index contributed by atoms with van der Waals surface area (Å²) in [6, 6.07) is -0.864. The molecule has 0 spiro atoms. The van der Waals surface area contributed by atoms with Gasteiger partial charge in [0.1, 0.15) is 18.3 Å². The molecule has 1 aromatic heterocycles. The molecule has 0 radical (unpaired) electrons. The summed E-state index contributed by atoms with van der Waals surface area (Å²) in [4.78, 5) is 23.3. The van der Waals surface area contributed by atoms with Gasteiger partial charge in [0, 0.05) is 25.3 Å². The molecule has 0 aromatic carbocycles. The van der Waals surface area contributed by atoms with Gasteiger partial charge in [-0.25, -0.2) is 0 Å². The molecule has 3 atom stereocenters. The zero-order chi connectivity index (χ0) is 22.9. The first-order valence-corrected chi connectivity index (χ1v) is 11.7. The predicted octanol–water partition coefficient (Wildman–Crippen LogP) is 2.21. The highest BCUT2D eigenvalue weighted by Crippen LogP contribution is 2.31. The Morgan fingerprint density at radius 3 is 2.77 bits per heavy atom. The van der Waals surface area contributed by atoms with Gasteiger partial charge in [0.05, 0.1) is 31.9 Å². The first-order valence-electron chi connectivity index (χ1n) is 11.0. The molecule has 1 aliphatic rings. The SMILES string of the molecule is CCCCCCOc1nsnc1C1=CCC[N+](C)([C@H](C)OC(=O)[C@@H](N)CCC(N)=O)C1. The third kappa shape index (κ3) is 7.55. The number of carbonyl (C=O) groups is 2. The summed E-state index contributed by atoms with van der Waals surface area (Å²) in [5, 5.41) is 0. The molecule has 2 heterocycles. The molecule has 0 fully saturated rings. The van der Waals surface area contributed by atoms with Crippen LogP contribution in [0.2, 0.25) is 0 Å². The highest BCUT2D eigenvalue weighted by molar-refractivity contribution is 6.99. The number of hydrogen-bond acceptors (Lipinski definition) is 8. The standard InChI is InChI=1S/C21H35N5O4S/c1-4-5-6-7-13-29-20-19(24-31-25-20)16-9-8-12-26(3,14-16)15(2)30-21(28)17(22)10-11-18(23)27/h9,15,17H,4-8,10-14,22H2,1-3H3,(H-,23,27)/p+1/t15-,17-,26?/m0/s1. The number of primary amides is 1. The summed E-state index contributed by atoms with van der Waals surface area (Å²) in [5.41, 5.74) is 12.8. The lowest BCUT2D eigenvalue weighted by Crippen LogP contribution is -2.56. The average molecular weight is 455 g/mol. The molecule has 0 bridgehead atoms. The Kier molecular flexibility index (Phi) is 9.86. The van der Waals surface area contributed by atoms with Crippen molar-refractivity contribution < 1.29 is 23.5 Å². The van der Waals surface area contributed by atoms with Crippen LogP contribution in [0.25, 0.3) is 5.57 Å². The van der Waals surface area contributed by atoms with Crippen LogP contribution in [-0.4, -0.2) is 64.1 Å². The molecule has 1 unspecified atom stereocenters. The summed E-state index contributed by atoms with van der Waals surface area (Å²) in [5.74, 6) is -0.420. The first kappa shape index (κ1) is 25.2. The first-order chi connectivity index (χ1) is 14.8. The van der Waals surface area contributed by atoms with Gasteiger partial charge in [0.15, 0.2) is 0 Å². The van der Waals surface area contributed by atoms with Crippen molar-refractivity contribution in [3.63, 3.8) is 0 Å². The number of nitrogens with zero attached hydrogens (tertiary/aromatic N) is 3. The minimum atomic E-state index is -0.864. The van der Waals surface area contributed by atoms with Crippen LogP contribution in [0, 0.1) is 0 Å². The Morgan fingerprint density at radius 1 is 1.29 bits per heavy atom. The van der Waals surface area contributed by atoms with E-state index in [1.54, 1.807) is 0 Å². The van der Waals surface area contributed by atoms with Gasteiger partial charge in [-0.05, 0) is 12.8 Å². The van der Waals surface area contributed by atoms with E-state index in [9.17, 15) is 9.59 Å². The summed E-state index contributed by atoms with van der Waals surface area (Å²) in [6.45, 7) is 6.14. The number of unbranched alkanes of at least 4 members (excludes halogenated alkanes) is 3. The Balaban J connectivity index is 1.96. The summed E-state index contributed by atoms with van der Waals surface area (Å²) >= 11 is 1.15. The number of likely N-dealkylation sites (N-methyl/N-ethyl adjacent to an activating group) is 1. The minimum Gasteiger partial charge on any atom is -0.475 e. The van der Waals surface area contributed by atoms with Gasteiger partial charge in [-0.1, -0.05) is 32.3 Å². The number of rotatable bonds is 13. The second-order valence-corrected chi connectivity index (χ2v) is 8.88. The van der Waals surface area contributed by atoms with Crippen molar-refractivity contribution in [3.8, 4) is 5.88 Å². The lowest BCUT2D eigenvalue weighted by molar-refractivity contribution is -0.944. The van der Waals surface area contributed by atoms with Crippen LogP contribution < -0.4 is 16.2 Å². The Labute approximate surface area is 188 Å². The van der Waals surface area contributed by atoms with Crippen LogP contribution in [0.15, 0.2) is 6.08 Å².